The van der Waals surface area contributed by atoms with E-state index in [1.807, 2.05) is 32.9 Å². The molecule has 0 aliphatic carbocycles. The van der Waals surface area contributed by atoms with Crippen LogP contribution in [-0.2, 0) is 4.74 Å². The normalized spacial score (nSPS) is 16.5. The fourth-order valence-corrected chi connectivity index (χ4v) is 4.22. The molecule has 2 aromatic carbocycles. The SMILES string of the molecule is C.CC(C)(C)OC(=O)NC1CCN(c2ccc(F)cc2)CC1.Cl.NC1CCN(c2ccc(F)cc2)CC1. The van der Waals surface area contributed by atoms with Gasteiger partial charge in [-0.15, -0.1) is 12.4 Å². The highest BCUT2D eigenvalue weighted by molar-refractivity contribution is 5.85. The molecule has 2 aromatic rings. The summed E-state index contributed by atoms with van der Waals surface area (Å²) in [5.74, 6) is -0.400. The lowest BCUT2D eigenvalue weighted by molar-refractivity contribution is 0.0497. The third kappa shape index (κ3) is 11.1. The average Bonchev–Trinajstić information content (AvgIpc) is 2.80. The van der Waals surface area contributed by atoms with Crippen molar-refractivity contribution < 1.29 is 18.3 Å². The van der Waals surface area contributed by atoms with Crippen molar-refractivity contribution in [2.24, 2.45) is 5.73 Å². The summed E-state index contributed by atoms with van der Waals surface area (Å²) in [6, 6.07) is 13.7. The standard InChI is InChI=1S/C16H23FN2O2.C11H15FN2.CH4.ClH/c1-16(2,3)21-15(20)18-13-8-10-19(11-9-13)14-6-4-12(17)5-7-14;12-9-1-3-11(4-2-9)14-7-5-10(13)6-8-14;;/h4-7,13H,8-11H2,1-3H3,(H,18,20);1-4,10H,5-8,13H2;1H4;1H. The molecular formula is C28H43ClF2N4O2. The number of nitrogens with two attached hydrogens (primary N) is 1. The largest absolute Gasteiger partial charge is 0.444 e. The van der Waals surface area contributed by atoms with Crippen molar-refractivity contribution in [3.63, 3.8) is 0 Å². The lowest BCUT2D eigenvalue weighted by Crippen LogP contribution is -2.46. The average molecular weight is 541 g/mol. The summed E-state index contributed by atoms with van der Waals surface area (Å²) in [4.78, 5) is 16.2. The fourth-order valence-electron chi connectivity index (χ4n) is 4.22. The molecule has 1 amide bonds. The highest BCUT2D eigenvalue weighted by atomic mass is 35.5. The quantitative estimate of drug-likeness (QED) is 0.490. The van der Waals surface area contributed by atoms with E-state index in [2.05, 4.69) is 15.1 Å². The van der Waals surface area contributed by atoms with Gasteiger partial charge in [0, 0.05) is 49.6 Å². The van der Waals surface area contributed by atoms with Gasteiger partial charge in [-0.3, -0.25) is 0 Å². The lowest BCUT2D eigenvalue weighted by Gasteiger charge is -2.34. The van der Waals surface area contributed by atoms with Crippen molar-refractivity contribution >= 4 is 29.9 Å². The van der Waals surface area contributed by atoms with Crippen LogP contribution in [0, 0.1) is 11.6 Å². The monoisotopic (exact) mass is 540 g/mol. The Bertz CT molecular complexity index is 923. The number of hydrogen-bond acceptors (Lipinski definition) is 5. The molecule has 0 spiro atoms. The van der Waals surface area contributed by atoms with Crippen molar-refractivity contribution in [2.45, 2.75) is 71.6 Å². The van der Waals surface area contributed by atoms with E-state index >= 15 is 0 Å². The maximum absolute atomic E-state index is 12.9. The maximum Gasteiger partial charge on any atom is 0.407 e. The Labute approximate surface area is 226 Å². The minimum absolute atomic E-state index is 0. The molecule has 9 heteroatoms. The molecule has 0 radical (unpaired) electrons. The second-order valence-corrected chi connectivity index (χ2v) is 10.2. The van der Waals surface area contributed by atoms with Crippen molar-refractivity contribution in [1.29, 1.82) is 0 Å². The molecule has 37 heavy (non-hydrogen) atoms. The number of nitrogens with one attached hydrogen (secondary N) is 1. The molecule has 0 unspecified atom stereocenters. The molecule has 2 fully saturated rings. The van der Waals surface area contributed by atoms with Crippen LogP contribution in [0.2, 0.25) is 0 Å². The Morgan fingerprint density at radius 2 is 1.22 bits per heavy atom. The Hall–Kier alpha value is -2.58. The first-order chi connectivity index (χ1) is 16.6. The second-order valence-electron chi connectivity index (χ2n) is 10.2. The van der Waals surface area contributed by atoms with Crippen molar-refractivity contribution in [3.05, 3.63) is 60.2 Å². The number of amides is 1. The van der Waals surface area contributed by atoms with E-state index < -0.39 is 5.60 Å². The molecular weight excluding hydrogens is 498 g/mol. The molecule has 4 rings (SSSR count). The Morgan fingerprint density at radius 1 is 0.838 bits per heavy atom. The minimum Gasteiger partial charge on any atom is -0.444 e. The number of alkyl carbamates (subject to hydrolysis) is 1. The summed E-state index contributed by atoms with van der Waals surface area (Å²) >= 11 is 0. The molecule has 208 valence electrons. The van der Waals surface area contributed by atoms with Crippen LogP contribution in [0.25, 0.3) is 0 Å². The zero-order valence-corrected chi connectivity index (χ0v) is 22.2. The highest BCUT2D eigenvalue weighted by Crippen LogP contribution is 2.21. The molecule has 2 saturated heterocycles. The van der Waals surface area contributed by atoms with Gasteiger partial charge in [0.1, 0.15) is 17.2 Å². The van der Waals surface area contributed by atoms with E-state index in [4.69, 9.17) is 10.5 Å². The molecule has 2 aliphatic rings. The number of carbonyl (C=O) groups excluding carboxylic acids is 1. The summed E-state index contributed by atoms with van der Waals surface area (Å²) in [5.41, 5.74) is 7.46. The third-order valence-electron chi connectivity index (χ3n) is 6.14. The van der Waals surface area contributed by atoms with Crippen LogP contribution in [0.15, 0.2) is 48.5 Å². The number of halogens is 3. The molecule has 0 atom stereocenters. The number of carbonyl (C=O) groups is 1. The van der Waals surface area contributed by atoms with E-state index in [1.54, 1.807) is 12.1 Å². The molecule has 2 aliphatic heterocycles. The summed E-state index contributed by atoms with van der Waals surface area (Å²) < 4.78 is 30.9. The molecule has 0 bridgehead atoms. The van der Waals surface area contributed by atoms with Gasteiger partial charge in [-0.1, -0.05) is 7.43 Å². The second kappa shape index (κ2) is 15.0. The Morgan fingerprint density at radius 3 is 1.59 bits per heavy atom. The number of nitrogens with zero attached hydrogens (tertiary/aromatic N) is 2. The number of anilines is 2. The summed E-state index contributed by atoms with van der Waals surface area (Å²) in [5, 5.41) is 2.91. The first-order valence-electron chi connectivity index (χ1n) is 12.4. The summed E-state index contributed by atoms with van der Waals surface area (Å²) in [6.45, 7) is 9.19. The van der Waals surface area contributed by atoms with Gasteiger partial charge in [-0.2, -0.15) is 0 Å². The van der Waals surface area contributed by atoms with Crippen molar-refractivity contribution in [1.82, 2.24) is 5.32 Å². The van der Waals surface area contributed by atoms with Crippen LogP contribution in [0.1, 0.15) is 53.9 Å². The van der Waals surface area contributed by atoms with Gasteiger partial charge in [0.25, 0.3) is 0 Å². The van der Waals surface area contributed by atoms with E-state index in [-0.39, 0.29) is 43.6 Å². The molecule has 2 heterocycles. The van der Waals surface area contributed by atoms with Crippen LogP contribution < -0.4 is 20.9 Å². The maximum atomic E-state index is 12.9. The van der Waals surface area contributed by atoms with Gasteiger partial charge in [-0.25, -0.2) is 13.6 Å². The van der Waals surface area contributed by atoms with E-state index in [9.17, 15) is 13.6 Å². The van der Waals surface area contributed by atoms with Gasteiger partial charge in [0.05, 0.1) is 0 Å². The molecule has 6 nitrogen and oxygen atoms in total. The zero-order chi connectivity index (χ0) is 25.4. The van der Waals surface area contributed by atoms with Crippen LogP contribution in [0.5, 0.6) is 0 Å². The lowest BCUT2D eigenvalue weighted by atomic mass is 10.0. The Kier molecular flexibility index (Phi) is 13.1. The highest BCUT2D eigenvalue weighted by Gasteiger charge is 2.23. The molecule has 0 aromatic heterocycles. The first kappa shape index (κ1) is 32.4. The van der Waals surface area contributed by atoms with E-state index in [0.29, 0.717) is 6.04 Å². The topological polar surface area (TPSA) is 70.8 Å². The van der Waals surface area contributed by atoms with Crippen molar-refractivity contribution in [3.8, 4) is 0 Å². The van der Waals surface area contributed by atoms with Crippen LogP contribution in [-0.4, -0.2) is 50.0 Å². The number of benzene rings is 2. The predicted molar refractivity (Wildman–Crippen MR) is 151 cm³/mol. The van der Waals surface area contributed by atoms with E-state index in [0.717, 1.165) is 63.2 Å². The zero-order valence-electron chi connectivity index (χ0n) is 21.4. The fraction of sp³-hybridized carbons (Fsp3) is 0.536. The predicted octanol–water partition coefficient (Wildman–Crippen LogP) is 6.13. The van der Waals surface area contributed by atoms with Crippen molar-refractivity contribution in [2.75, 3.05) is 36.0 Å². The number of piperidine rings is 2. The van der Waals surface area contributed by atoms with Crippen LogP contribution in [0.3, 0.4) is 0 Å². The van der Waals surface area contributed by atoms with Crippen LogP contribution in [0.4, 0.5) is 25.0 Å². The smallest absolute Gasteiger partial charge is 0.407 e. The van der Waals surface area contributed by atoms with Crippen LogP contribution >= 0.6 is 12.4 Å². The van der Waals surface area contributed by atoms with Gasteiger partial charge in [0.15, 0.2) is 0 Å². The Balaban J connectivity index is 0.000000375. The van der Waals surface area contributed by atoms with Gasteiger partial charge in [-0.05, 0) is 95.0 Å². The van der Waals surface area contributed by atoms with Gasteiger partial charge in [0.2, 0.25) is 0 Å². The summed E-state index contributed by atoms with van der Waals surface area (Å²) in [6.07, 6.45) is 3.41. The van der Waals surface area contributed by atoms with E-state index in [1.165, 1.54) is 24.3 Å². The molecule has 0 saturated carbocycles. The summed E-state index contributed by atoms with van der Waals surface area (Å²) in [7, 11) is 0. The molecule has 3 N–H and O–H groups in total. The van der Waals surface area contributed by atoms with Gasteiger partial charge >= 0.3 is 6.09 Å². The number of rotatable bonds is 3. The number of ether oxygens (including phenoxy) is 1. The van der Waals surface area contributed by atoms with Gasteiger partial charge < -0.3 is 25.6 Å². The first-order valence-corrected chi connectivity index (χ1v) is 12.4. The third-order valence-corrected chi connectivity index (χ3v) is 6.14. The number of hydrogen-bond donors (Lipinski definition) is 2. The minimum atomic E-state index is -0.473.